The topological polar surface area (TPSA) is 95.5 Å². The molecular weight excluding hydrogens is 274 g/mol. The van der Waals surface area contributed by atoms with Crippen molar-refractivity contribution >= 4 is 23.5 Å². The second kappa shape index (κ2) is 6.09. The molecular formula is C12H12F2N2O4. The fourth-order valence-electron chi connectivity index (χ4n) is 1.44. The van der Waals surface area contributed by atoms with Crippen molar-refractivity contribution in [3.63, 3.8) is 0 Å². The van der Waals surface area contributed by atoms with Crippen LogP contribution < -0.4 is 10.6 Å². The highest BCUT2D eigenvalue weighted by Crippen LogP contribution is 2.20. The average Bonchev–Trinajstić information content (AvgIpc) is 2.32. The number of halogens is 2. The van der Waals surface area contributed by atoms with Crippen molar-refractivity contribution < 1.29 is 28.3 Å². The normalized spacial score (nSPS) is 11.6. The molecule has 0 saturated carbocycles. The molecule has 0 aromatic heterocycles. The van der Waals surface area contributed by atoms with E-state index in [-0.39, 0.29) is 0 Å². The first kappa shape index (κ1) is 15.5. The SMILES string of the molecule is CC(=O)NC(C)C(=O)Nc1cc(F)c(F)cc1C(=O)O. The maximum atomic E-state index is 13.1. The summed E-state index contributed by atoms with van der Waals surface area (Å²) in [6, 6.07) is 0.0790. The first-order valence-corrected chi connectivity index (χ1v) is 5.52. The Bertz CT molecular complexity index is 575. The van der Waals surface area contributed by atoms with Crippen molar-refractivity contribution in [2.75, 3.05) is 5.32 Å². The highest BCUT2D eigenvalue weighted by Gasteiger charge is 2.20. The zero-order valence-electron chi connectivity index (χ0n) is 10.7. The molecule has 1 rings (SSSR count). The number of anilines is 1. The smallest absolute Gasteiger partial charge is 0.337 e. The van der Waals surface area contributed by atoms with E-state index in [2.05, 4.69) is 10.6 Å². The minimum absolute atomic E-state index is 0.390. The number of carboxylic acids is 1. The fraction of sp³-hybridized carbons (Fsp3) is 0.250. The van der Waals surface area contributed by atoms with Crippen molar-refractivity contribution in [3.05, 3.63) is 29.3 Å². The van der Waals surface area contributed by atoms with Crippen LogP contribution in [0.4, 0.5) is 14.5 Å². The van der Waals surface area contributed by atoms with E-state index >= 15 is 0 Å². The zero-order valence-corrected chi connectivity index (χ0v) is 10.7. The Morgan fingerprint density at radius 1 is 1.20 bits per heavy atom. The van der Waals surface area contributed by atoms with Crippen molar-refractivity contribution in [2.45, 2.75) is 19.9 Å². The van der Waals surface area contributed by atoms with E-state index in [0.29, 0.717) is 12.1 Å². The van der Waals surface area contributed by atoms with Gasteiger partial charge in [0, 0.05) is 13.0 Å². The van der Waals surface area contributed by atoms with Crippen molar-refractivity contribution in [1.82, 2.24) is 5.32 Å². The molecule has 0 aliphatic rings. The van der Waals surface area contributed by atoms with Crippen LogP contribution in [0.3, 0.4) is 0 Å². The van der Waals surface area contributed by atoms with Crippen molar-refractivity contribution in [2.24, 2.45) is 0 Å². The largest absolute Gasteiger partial charge is 0.478 e. The molecule has 3 N–H and O–H groups in total. The number of carboxylic acid groups (broad SMARTS) is 1. The number of aromatic carboxylic acids is 1. The van der Waals surface area contributed by atoms with Crippen LogP contribution in [0.1, 0.15) is 24.2 Å². The lowest BCUT2D eigenvalue weighted by Crippen LogP contribution is -2.40. The van der Waals surface area contributed by atoms with E-state index in [1.807, 2.05) is 0 Å². The molecule has 1 unspecified atom stereocenters. The van der Waals surface area contributed by atoms with Crippen LogP contribution in [0, 0.1) is 11.6 Å². The van der Waals surface area contributed by atoms with Crippen LogP contribution in [-0.2, 0) is 9.59 Å². The van der Waals surface area contributed by atoms with Crippen LogP contribution >= 0.6 is 0 Å². The molecule has 6 nitrogen and oxygen atoms in total. The van der Waals surface area contributed by atoms with E-state index in [9.17, 15) is 23.2 Å². The molecule has 0 fully saturated rings. The Hall–Kier alpha value is -2.51. The molecule has 8 heteroatoms. The van der Waals surface area contributed by atoms with Crippen LogP contribution in [0.15, 0.2) is 12.1 Å². The van der Waals surface area contributed by atoms with Crippen molar-refractivity contribution in [3.8, 4) is 0 Å². The lowest BCUT2D eigenvalue weighted by atomic mass is 10.1. The average molecular weight is 286 g/mol. The van der Waals surface area contributed by atoms with Gasteiger partial charge in [0.25, 0.3) is 0 Å². The van der Waals surface area contributed by atoms with Crippen molar-refractivity contribution in [1.29, 1.82) is 0 Å². The third-order valence-corrected chi connectivity index (χ3v) is 2.36. The predicted octanol–water partition coefficient (Wildman–Crippen LogP) is 1.13. The summed E-state index contributed by atoms with van der Waals surface area (Å²) in [6.45, 7) is 2.56. The van der Waals surface area contributed by atoms with Gasteiger partial charge in [-0.1, -0.05) is 0 Å². The Labute approximate surface area is 112 Å². The molecule has 2 amide bonds. The summed E-state index contributed by atoms with van der Waals surface area (Å²) in [5, 5.41) is 13.3. The zero-order chi connectivity index (χ0) is 15.4. The first-order chi connectivity index (χ1) is 9.22. The van der Waals surface area contributed by atoms with Gasteiger partial charge in [-0.25, -0.2) is 13.6 Å². The summed E-state index contributed by atoms with van der Waals surface area (Å²) >= 11 is 0. The third kappa shape index (κ3) is 3.74. The summed E-state index contributed by atoms with van der Waals surface area (Å²) in [4.78, 5) is 33.4. The molecule has 0 aliphatic carbocycles. The van der Waals surface area contributed by atoms with E-state index in [1.54, 1.807) is 0 Å². The summed E-state index contributed by atoms with van der Waals surface area (Å²) < 4.78 is 26.1. The second-order valence-electron chi connectivity index (χ2n) is 4.03. The monoisotopic (exact) mass is 286 g/mol. The molecule has 1 aromatic rings. The predicted molar refractivity (Wildman–Crippen MR) is 65.2 cm³/mol. The molecule has 0 radical (unpaired) electrons. The van der Waals surface area contributed by atoms with E-state index < -0.39 is 46.7 Å². The van der Waals surface area contributed by atoms with Gasteiger partial charge in [-0.15, -0.1) is 0 Å². The maximum absolute atomic E-state index is 13.1. The number of hydrogen-bond acceptors (Lipinski definition) is 3. The van der Waals surface area contributed by atoms with Gasteiger partial charge in [0.2, 0.25) is 11.8 Å². The quantitative estimate of drug-likeness (QED) is 0.773. The number of carbonyl (C=O) groups is 3. The second-order valence-corrected chi connectivity index (χ2v) is 4.03. The number of benzene rings is 1. The molecule has 0 spiro atoms. The first-order valence-electron chi connectivity index (χ1n) is 5.52. The summed E-state index contributed by atoms with van der Waals surface area (Å²) in [7, 11) is 0. The number of carbonyl (C=O) groups excluding carboxylic acids is 2. The molecule has 20 heavy (non-hydrogen) atoms. The maximum Gasteiger partial charge on any atom is 0.337 e. The number of nitrogens with one attached hydrogen (secondary N) is 2. The molecule has 0 saturated heterocycles. The van der Waals surface area contributed by atoms with Gasteiger partial charge in [-0.05, 0) is 13.0 Å². The molecule has 0 bridgehead atoms. The molecule has 1 atom stereocenters. The Morgan fingerprint density at radius 3 is 2.25 bits per heavy atom. The highest BCUT2D eigenvalue weighted by molar-refractivity contribution is 6.02. The Morgan fingerprint density at radius 2 is 1.75 bits per heavy atom. The molecule has 0 aliphatic heterocycles. The Kier molecular flexibility index (Phi) is 4.73. The van der Waals surface area contributed by atoms with E-state index in [4.69, 9.17) is 5.11 Å². The summed E-state index contributed by atoms with van der Waals surface area (Å²) in [5.41, 5.74) is -0.981. The molecule has 0 heterocycles. The van der Waals surface area contributed by atoms with E-state index in [0.717, 1.165) is 0 Å². The number of hydrogen-bond donors (Lipinski definition) is 3. The molecule has 108 valence electrons. The van der Waals surface area contributed by atoms with Gasteiger partial charge >= 0.3 is 5.97 Å². The minimum Gasteiger partial charge on any atom is -0.478 e. The number of rotatable bonds is 4. The fourth-order valence-corrected chi connectivity index (χ4v) is 1.44. The Balaban J connectivity index is 3.02. The third-order valence-electron chi connectivity index (χ3n) is 2.36. The lowest BCUT2D eigenvalue weighted by Gasteiger charge is -2.14. The van der Waals surface area contributed by atoms with E-state index in [1.165, 1.54) is 13.8 Å². The van der Waals surface area contributed by atoms with Gasteiger partial charge in [-0.2, -0.15) is 0 Å². The number of amides is 2. The standard InChI is InChI=1S/C12H12F2N2O4/c1-5(15-6(2)17)11(18)16-10-4-9(14)8(13)3-7(10)12(19)20/h3-5H,1-2H3,(H,15,17)(H,16,18)(H,19,20). The highest BCUT2D eigenvalue weighted by atomic mass is 19.2. The van der Waals surface area contributed by atoms with Gasteiger partial charge in [0.05, 0.1) is 11.3 Å². The van der Waals surface area contributed by atoms with Gasteiger partial charge < -0.3 is 15.7 Å². The van der Waals surface area contributed by atoms with Gasteiger partial charge in [0.1, 0.15) is 6.04 Å². The minimum atomic E-state index is -1.52. The molecule has 1 aromatic carbocycles. The summed E-state index contributed by atoms with van der Waals surface area (Å²) in [6.07, 6.45) is 0. The van der Waals surface area contributed by atoms with Gasteiger partial charge in [-0.3, -0.25) is 9.59 Å². The van der Waals surface area contributed by atoms with Gasteiger partial charge in [0.15, 0.2) is 11.6 Å². The van der Waals surface area contributed by atoms with Crippen LogP contribution in [0.25, 0.3) is 0 Å². The summed E-state index contributed by atoms with van der Waals surface area (Å²) in [5.74, 6) is -5.37. The van der Waals surface area contributed by atoms with Crippen LogP contribution in [0.5, 0.6) is 0 Å². The van der Waals surface area contributed by atoms with Crippen LogP contribution in [0.2, 0.25) is 0 Å². The lowest BCUT2D eigenvalue weighted by molar-refractivity contribution is -0.124. The van der Waals surface area contributed by atoms with Crippen LogP contribution in [-0.4, -0.2) is 28.9 Å².